The molecule has 220 valence electrons. The van der Waals surface area contributed by atoms with E-state index in [0.29, 0.717) is 17.7 Å². The predicted octanol–water partition coefficient (Wildman–Crippen LogP) is 5.84. The summed E-state index contributed by atoms with van der Waals surface area (Å²) in [5, 5.41) is 3.22. The Balaban J connectivity index is 2.11. The first-order valence-electron chi connectivity index (χ1n) is 13.1. The number of methoxy groups -OCH3 is 1. The monoisotopic (exact) mass is 619 g/mol. The molecule has 0 spiro atoms. The number of amides is 2. The van der Waals surface area contributed by atoms with Gasteiger partial charge in [0.1, 0.15) is 18.3 Å². The van der Waals surface area contributed by atoms with E-state index in [4.69, 9.17) is 27.9 Å². The third kappa shape index (κ3) is 8.15. The van der Waals surface area contributed by atoms with E-state index in [1.54, 1.807) is 37.3 Å². The van der Waals surface area contributed by atoms with Crippen molar-refractivity contribution in [3.8, 4) is 5.75 Å². The van der Waals surface area contributed by atoms with Gasteiger partial charge < -0.3 is 15.0 Å². The maximum Gasteiger partial charge on any atom is 0.264 e. The van der Waals surface area contributed by atoms with Crippen LogP contribution in [-0.4, -0.2) is 50.9 Å². The maximum absolute atomic E-state index is 14.1. The van der Waals surface area contributed by atoms with Crippen molar-refractivity contribution >= 4 is 50.7 Å². The van der Waals surface area contributed by atoms with Gasteiger partial charge in [-0.3, -0.25) is 13.9 Å². The minimum absolute atomic E-state index is 0.0177. The number of aryl methyl sites for hydroxylation is 1. The number of nitrogens with one attached hydrogen (secondary N) is 1. The van der Waals surface area contributed by atoms with Crippen LogP contribution in [0.3, 0.4) is 0 Å². The number of nitrogens with zero attached hydrogens (tertiary/aromatic N) is 2. The van der Waals surface area contributed by atoms with Crippen LogP contribution < -0.4 is 14.4 Å². The van der Waals surface area contributed by atoms with Gasteiger partial charge in [0.15, 0.2) is 0 Å². The van der Waals surface area contributed by atoms with Crippen molar-refractivity contribution in [3.63, 3.8) is 0 Å². The molecular weight excluding hydrogens is 585 g/mol. The third-order valence-electron chi connectivity index (χ3n) is 6.37. The Morgan fingerprint density at radius 3 is 2.29 bits per heavy atom. The second-order valence-corrected chi connectivity index (χ2v) is 12.6. The van der Waals surface area contributed by atoms with Crippen LogP contribution in [0.15, 0.2) is 71.6 Å². The highest BCUT2D eigenvalue weighted by Gasteiger charge is 2.34. The first-order chi connectivity index (χ1) is 19.4. The van der Waals surface area contributed by atoms with Gasteiger partial charge >= 0.3 is 0 Å². The molecule has 0 aliphatic carbocycles. The zero-order valence-electron chi connectivity index (χ0n) is 23.7. The lowest BCUT2D eigenvalue weighted by molar-refractivity contribution is -0.140. The average molecular weight is 621 g/mol. The topological polar surface area (TPSA) is 96.0 Å². The van der Waals surface area contributed by atoms with Crippen molar-refractivity contribution in [2.24, 2.45) is 0 Å². The first kappa shape index (κ1) is 32.2. The Hall–Kier alpha value is -3.27. The quantitative estimate of drug-likeness (QED) is 0.275. The van der Waals surface area contributed by atoms with Crippen LogP contribution in [0.1, 0.15) is 38.3 Å². The highest BCUT2D eigenvalue weighted by atomic mass is 35.5. The van der Waals surface area contributed by atoms with Gasteiger partial charge in [-0.2, -0.15) is 0 Å². The number of benzene rings is 3. The molecule has 2 amide bonds. The van der Waals surface area contributed by atoms with E-state index >= 15 is 0 Å². The normalized spacial score (nSPS) is 12.1. The van der Waals surface area contributed by atoms with Crippen LogP contribution in [0.4, 0.5) is 5.69 Å². The molecule has 11 heteroatoms. The molecule has 1 atom stereocenters. The molecular formula is C30H35Cl2N3O5S. The smallest absolute Gasteiger partial charge is 0.264 e. The summed E-state index contributed by atoms with van der Waals surface area (Å²) in [4.78, 5) is 28.8. The van der Waals surface area contributed by atoms with E-state index in [2.05, 4.69) is 5.32 Å². The van der Waals surface area contributed by atoms with Crippen molar-refractivity contribution in [1.29, 1.82) is 0 Å². The van der Waals surface area contributed by atoms with Gasteiger partial charge in [-0.15, -0.1) is 0 Å². The summed E-state index contributed by atoms with van der Waals surface area (Å²) in [5.74, 6) is -0.346. The summed E-state index contributed by atoms with van der Waals surface area (Å²) < 4.78 is 34.2. The van der Waals surface area contributed by atoms with Crippen LogP contribution in [0.25, 0.3) is 0 Å². The Bertz CT molecular complexity index is 1480. The highest BCUT2D eigenvalue weighted by molar-refractivity contribution is 7.92. The number of hydrogen-bond acceptors (Lipinski definition) is 5. The number of carbonyl (C=O) groups is 2. The van der Waals surface area contributed by atoms with Gasteiger partial charge in [-0.05, 0) is 75.2 Å². The van der Waals surface area contributed by atoms with Crippen LogP contribution in [-0.2, 0) is 26.2 Å². The number of sulfonamides is 1. The number of rotatable bonds is 12. The average Bonchev–Trinajstić information content (AvgIpc) is 2.92. The van der Waals surface area contributed by atoms with E-state index in [1.807, 2.05) is 26.8 Å². The van der Waals surface area contributed by atoms with E-state index in [1.165, 1.54) is 42.3 Å². The molecule has 1 N–H and O–H groups in total. The summed E-state index contributed by atoms with van der Waals surface area (Å²) >= 11 is 12.7. The molecule has 3 aromatic carbocycles. The molecule has 0 unspecified atom stereocenters. The van der Waals surface area contributed by atoms with Crippen molar-refractivity contribution in [2.45, 2.75) is 57.6 Å². The molecule has 3 aromatic rings. The second kappa shape index (κ2) is 14.1. The van der Waals surface area contributed by atoms with Crippen LogP contribution in [0.5, 0.6) is 5.75 Å². The molecule has 41 heavy (non-hydrogen) atoms. The fraction of sp³-hybridized carbons (Fsp3) is 0.333. The number of anilines is 1. The Kier molecular flexibility index (Phi) is 11.1. The highest BCUT2D eigenvalue weighted by Crippen LogP contribution is 2.33. The fourth-order valence-corrected chi connectivity index (χ4v) is 6.16. The Morgan fingerprint density at radius 1 is 1.00 bits per heavy atom. The summed E-state index contributed by atoms with van der Waals surface area (Å²) in [6.45, 7) is 6.72. The largest absolute Gasteiger partial charge is 0.497 e. The van der Waals surface area contributed by atoms with Crippen molar-refractivity contribution < 1.29 is 22.7 Å². The van der Waals surface area contributed by atoms with Crippen LogP contribution in [0.2, 0.25) is 10.0 Å². The lowest BCUT2D eigenvalue weighted by atomic mass is 10.1. The lowest BCUT2D eigenvalue weighted by Gasteiger charge is -2.33. The number of hydrogen-bond donors (Lipinski definition) is 1. The lowest BCUT2D eigenvalue weighted by Crippen LogP contribution is -2.53. The van der Waals surface area contributed by atoms with Gasteiger partial charge in [0.25, 0.3) is 10.0 Å². The molecule has 3 rings (SSSR count). The molecule has 0 aromatic heterocycles. The second-order valence-electron chi connectivity index (χ2n) is 9.88. The minimum atomic E-state index is -4.27. The Morgan fingerprint density at radius 2 is 1.68 bits per heavy atom. The molecule has 0 aliphatic rings. The zero-order chi connectivity index (χ0) is 30.3. The molecule has 0 saturated carbocycles. The fourth-order valence-electron chi connectivity index (χ4n) is 4.30. The van der Waals surface area contributed by atoms with E-state index in [-0.39, 0.29) is 39.1 Å². The summed E-state index contributed by atoms with van der Waals surface area (Å²) in [5.41, 5.74) is 1.63. The number of ether oxygens (including phenoxy) is 1. The summed E-state index contributed by atoms with van der Waals surface area (Å²) in [6.07, 6.45) is 0.302. The minimum Gasteiger partial charge on any atom is -0.497 e. The summed E-state index contributed by atoms with van der Waals surface area (Å²) in [7, 11) is -2.73. The molecule has 0 saturated heterocycles. The number of carbonyl (C=O) groups excluding carboxylic acids is 2. The first-order valence-corrected chi connectivity index (χ1v) is 15.3. The maximum atomic E-state index is 14.1. The van der Waals surface area contributed by atoms with Gasteiger partial charge in [-0.25, -0.2) is 8.42 Å². The molecule has 0 bridgehead atoms. The van der Waals surface area contributed by atoms with Crippen LogP contribution in [0, 0.1) is 6.92 Å². The molecule has 8 nitrogen and oxygen atoms in total. The molecule has 0 aliphatic heterocycles. The SMILES string of the molecule is CC[C@@H](C(=O)NC(C)C)N(Cc1cccc(OC)c1)C(=O)CN(c1cc(Cl)ccc1Cl)S(=O)(=O)c1ccc(C)cc1. The zero-order valence-corrected chi connectivity index (χ0v) is 26.1. The van der Waals surface area contributed by atoms with Gasteiger partial charge in [-0.1, -0.05) is 60.0 Å². The van der Waals surface area contributed by atoms with Gasteiger partial charge in [0.2, 0.25) is 11.8 Å². The predicted molar refractivity (Wildman–Crippen MR) is 163 cm³/mol. The van der Waals surface area contributed by atoms with Crippen molar-refractivity contribution in [3.05, 3.63) is 87.9 Å². The van der Waals surface area contributed by atoms with Gasteiger partial charge in [0.05, 0.1) is 22.7 Å². The van der Waals surface area contributed by atoms with Crippen molar-refractivity contribution in [1.82, 2.24) is 10.2 Å². The number of halogens is 2. The Labute approximate surface area is 252 Å². The summed E-state index contributed by atoms with van der Waals surface area (Å²) in [6, 6.07) is 16.8. The molecule has 0 fully saturated rings. The van der Waals surface area contributed by atoms with E-state index in [9.17, 15) is 18.0 Å². The third-order valence-corrected chi connectivity index (χ3v) is 8.70. The van der Waals surface area contributed by atoms with Crippen LogP contribution >= 0.6 is 23.2 Å². The van der Waals surface area contributed by atoms with Gasteiger partial charge in [0, 0.05) is 17.6 Å². The standard InChI is InChI=1S/C30H35Cl2N3O5S/c1-6-27(30(37)33-20(2)3)34(18-22-8-7-9-24(16-22)40-5)29(36)19-35(28-17-23(31)12-15-26(28)32)41(38,39)25-13-10-21(4)11-14-25/h7-17,20,27H,6,18-19H2,1-5H3,(H,33,37)/t27-/m0/s1. The molecule has 0 heterocycles. The van der Waals surface area contributed by atoms with Crippen molar-refractivity contribution in [2.75, 3.05) is 18.0 Å². The van der Waals surface area contributed by atoms with E-state index in [0.717, 1.165) is 9.87 Å². The van der Waals surface area contributed by atoms with E-state index < -0.39 is 28.5 Å². The molecule has 0 radical (unpaired) electrons.